The first-order valence-electron chi connectivity index (χ1n) is 5.31. The summed E-state index contributed by atoms with van der Waals surface area (Å²) >= 11 is 0. The third-order valence-corrected chi connectivity index (χ3v) is 2.35. The summed E-state index contributed by atoms with van der Waals surface area (Å²) in [5.74, 6) is 5.76. The molecule has 0 aliphatic carbocycles. The SMILES string of the molecule is Cc1cc(C)cc(N/C(=N\N)c2nonc2N)c1. The van der Waals surface area contributed by atoms with Gasteiger partial charge in [-0.05, 0) is 47.4 Å². The Kier molecular flexibility index (Phi) is 3.13. The monoisotopic (exact) mass is 246 g/mol. The summed E-state index contributed by atoms with van der Waals surface area (Å²) in [6.45, 7) is 4.01. The lowest BCUT2D eigenvalue weighted by atomic mass is 10.1. The Bertz CT molecular complexity index is 569. The number of anilines is 2. The van der Waals surface area contributed by atoms with Crippen molar-refractivity contribution in [3.8, 4) is 0 Å². The zero-order valence-electron chi connectivity index (χ0n) is 10.1. The maximum Gasteiger partial charge on any atom is 0.199 e. The van der Waals surface area contributed by atoms with Crippen LogP contribution in [0.4, 0.5) is 11.5 Å². The number of hydrazone groups is 1. The average molecular weight is 246 g/mol. The molecule has 94 valence electrons. The van der Waals surface area contributed by atoms with Crippen LogP contribution in [0.3, 0.4) is 0 Å². The molecule has 0 aliphatic rings. The van der Waals surface area contributed by atoms with Crippen LogP contribution in [0, 0.1) is 13.8 Å². The first-order chi connectivity index (χ1) is 8.60. The van der Waals surface area contributed by atoms with E-state index in [2.05, 4.69) is 31.4 Å². The van der Waals surface area contributed by atoms with Gasteiger partial charge < -0.3 is 16.9 Å². The second-order valence-corrected chi connectivity index (χ2v) is 3.98. The van der Waals surface area contributed by atoms with E-state index in [1.54, 1.807) is 0 Å². The highest BCUT2D eigenvalue weighted by atomic mass is 16.6. The lowest BCUT2D eigenvalue weighted by molar-refractivity contribution is 0.308. The third-order valence-electron chi connectivity index (χ3n) is 2.35. The topological polar surface area (TPSA) is 115 Å². The molecule has 7 nitrogen and oxygen atoms in total. The number of nitrogens with one attached hydrogen (secondary N) is 1. The van der Waals surface area contributed by atoms with Crippen molar-refractivity contribution in [2.24, 2.45) is 10.9 Å². The van der Waals surface area contributed by atoms with Gasteiger partial charge in [-0.25, -0.2) is 4.63 Å². The van der Waals surface area contributed by atoms with Crippen molar-refractivity contribution in [3.05, 3.63) is 35.0 Å². The van der Waals surface area contributed by atoms with Crippen LogP contribution in [0.5, 0.6) is 0 Å². The Hall–Kier alpha value is -2.57. The third kappa shape index (κ3) is 2.40. The van der Waals surface area contributed by atoms with E-state index in [1.165, 1.54) is 0 Å². The molecule has 0 fully saturated rings. The molecule has 18 heavy (non-hydrogen) atoms. The molecule has 0 spiro atoms. The fourth-order valence-corrected chi connectivity index (χ4v) is 1.70. The van der Waals surface area contributed by atoms with Crippen LogP contribution in [0.15, 0.2) is 27.9 Å². The molecule has 0 radical (unpaired) electrons. The number of hydrogen-bond acceptors (Lipinski definition) is 6. The number of aryl methyl sites for hydroxylation is 2. The fraction of sp³-hybridized carbons (Fsp3) is 0.182. The van der Waals surface area contributed by atoms with Crippen LogP contribution in [0.25, 0.3) is 0 Å². The van der Waals surface area contributed by atoms with Gasteiger partial charge >= 0.3 is 0 Å². The summed E-state index contributed by atoms with van der Waals surface area (Å²) in [7, 11) is 0. The number of hydrogen-bond donors (Lipinski definition) is 3. The molecular weight excluding hydrogens is 232 g/mol. The van der Waals surface area contributed by atoms with Gasteiger partial charge in [0.05, 0.1) is 0 Å². The maximum absolute atomic E-state index is 5.59. The first kappa shape index (κ1) is 11.9. The lowest BCUT2D eigenvalue weighted by Crippen LogP contribution is -2.18. The van der Waals surface area contributed by atoms with Gasteiger partial charge in [-0.3, -0.25) is 0 Å². The molecule has 0 saturated heterocycles. The minimum absolute atomic E-state index is 0.135. The van der Waals surface area contributed by atoms with Crippen molar-refractivity contribution in [1.82, 2.24) is 10.3 Å². The molecule has 0 amide bonds. The van der Waals surface area contributed by atoms with Crippen molar-refractivity contribution in [1.29, 1.82) is 0 Å². The molecule has 0 aliphatic heterocycles. The molecule has 0 saturated carbocycles. The summed E-state index contributed by atoms with van der Waals surface area (Å²) in [6, 6.07) is 5.99. The van der Waals surface area contributed by atoms with Gasteiger partial charge in [0, 0.05) is 5.69 Å². The molecule has 1 aromatic heterocycles. The second-order valence-electron chi connectivity index (χ2n) is 3.98. The van der Waals surface area contributed by atoms with Gasteiger partial charge in [-0.15, -0.1) is 0 Å². The largest absolute Gasteiger partial charge is 0.379 e. The molecule has 5 N–H and O–H groups in total. The normalized spacial score (nSPS) is 11.6. The Morgan fingerprint density at radius 2 is 1.89 bits per heavy atom. The van der Waals surface area contributed by atoms with Gasteiger partial charge in [0.25, 0.3) is 0 Å². The highest BCUT2D eigenvalue weighted by Crippen LogP contribution is 2.15. The number of nitrogens with two attached hydrogens (primary N) is 2. The minimum atomic E-state index is 0.135. The first-order valence-corrected chi connectivity index (χ1v) is 5.31. The molecule has 1 aromatic carbocycles. The van der Waals surface area contributed by atoms with E-state index in [4.69, 9.17) is 11.6 Å². The molecule has 1 heterocycles. The van der Waals surface area contributed by atoms with Crippen molar-refractivity contribution < 1.29 is 4.63 Å². The standard InChI is InChI=1S/C11H14N6O/c1-6-3-7(2)5-8(4-6)14-11(15-13)9-10(12)17-18-16-9/h3-5H,13H2,1-2H3,(H2,12,17)(H,14,15). The quantitative estimate of drug-likeness (QED) is 0.315. The van der Waals surface area contributed by atoms with Crippen molar-refractivity contribution in [2.45, 2.75) is 13.8 Å². The van der Waals surface area contributed by atoms with Gasteiger partial charge in [0.15, 0.2) is 17.3 Å². The summed E-state index contributed by atoms with van der Waals surface area (Å²) in [4.78, 5) is 0. The highest BCUT2D eigenvalue weighted by molar-refractivity contribution is 6.09. The predicted octanol–water partition coefficient (Wildman–Crippen LogP) is 1.00. The number of amidine groups is 1. The van der Waals surface area contributed by atoms with Gasteiger partial charge in [-0.1, -0.05) is 6.07 Å². The average Bonchev–Trinajstić information content (AvgIpc) is 2.71. The molecule has 2 rings (SSSR count). The van der Waals surface area contributed by atoms with Gasteiger partial charge in [0.1, 0.15) is 0 Å². The second kappa shape index (κ2) is 4.74. The summed E-state index contributed by atoms with van der Waals surface area (Å²) < 4.78 is 4.51. The smallest absolute Gasteiger partial charge is 0.199 e. The summed E-state index contributed by atoms with van der Waals surface area (Å²) in [5, 5.41) is 13.8. The Balaban J connectivity index is 2.29. The Morgan fingerprint density at radius 3 is 2.39 bits per heavy atom. The zero-order valence-corrected chi connectivity index (χ0v) is 10.1. The van der Waals surface area contributed by atoms with E-state index < -0.39 is 0 Å². The summed E-state index contributed by atoms with van der Waals surface area (Å²) in [6.07, 6.45) is 0. The molecule has 0 atom stereocenters. The molecule has 7 heteroatoms. The van der Waals surface area contributed by atoms with Gasteiger partial charge in [0.2, 0.25) is 0 Å². The number of rotatable bonds is 2. The zero-order chi connectivity index (χ0) is 13.1. The molecule has 0 unspecified atom stereocenters. The maximum atomic E-state index is 5.59. The Labute approximate surface area is 104 Å². The van der Waals surface area contributed by atoms with Crippen LogP contribution in [-0.4, -0.2) is 16.1 Å². The van der Waals surface area contributed by atoms with Crippen LogP contribution in [0.1, 0.15) is 16.8 Å². The van der Waals surface area contributed by atoms with Crippen molar-refractivity contribution in [3.63, 3.8) is 0 Å². The van der Waals surface area contributed by atoms with E-state index in [-0.39, 0.29) is 11.5 Å². The minimum Gasteiger partial charge on any atom is -0.379 e. The lowest BCUT2D eigenvalue weighted by Gasteiger charge is -2.08. The Morgan fingerprint density at radius 1 is 1.22 bits per heavy atom. The fourth-order valence-electron chi connectivity index (χ4n) is 1.70. The van der Waals surface area contributed by atoms with Crippen LogP contribution in [-0.2, 0) is 0 Å². The molecular formula is C11H14N6O. The van der Waals surface area contributed by atoms with Crippen LogP contribution < -0.4 is 16.9 Å². The van der Waals surface area contributed by atoms with Gasteiger partial charge in [-0.2, -0.15) is 5.10 Å². The van der Waals surface area contributed by atoms with Crippen LogP contribution in [0.2, 0.25) is 0 Å². The molecule has 0 bridgehead atoms. The molecule has 2 aromatic rings. The number of nitrogen functional groups attached to an aromatic ring is 1. The van der Waals surface area contributed by atoms with E-state index in [0.29, 0.717) is 5.84 Å². The van der Waals surface area contributed by atoms with E-state index in [1.807, 2.05) is 26.0 Å². The van der Waals surface area contributed by atoms with E-state index in [0.717, 1.165) is 16.8 Å². The number of aromatic nitrogens is 2. The van der Waals surface area contributed by atoms with E-state index >= 15 is 0 Å². The van der Waals surface area contributed by atoms with Crippen molar-refractivity contribution >= 4 is 17.3 Å². The predicted molar refractivity (Wildman–Crippen MR) is 69.0 cm³/mol. The van der Waals surface area contributed by atoms with Crippen LogP contribution >= 0.6 is 0 Å². The summed E-state index contributed by atoms with van der Waals surface area (Å²) in [5.41, 5.74) is 8.97. The highest BCUT2D eigenvalue weighted by Gasteiger charge is 2.14. The van der Waals surface area contributed by atoms with E-state index in [9.17, 15) is 0 Å². The van der Waals surface area contributed by atoms with Crippen molar-refractivity contribution in [2.75, 3.05) is 11.1 Å². The number of nitrogens with zero attached hydrogens (tertiary/aromatic N) is 3. The number of benzene rings is 1.